The van der Waals surface area contributed by atoms with Crippen molar-refractivity contribution in [2.24, 2.45) is 0 Å². The summed E-state index contributed by atoms with van der Waals surface area (Å²) in [5.74, 6) is 0. The van der Waals surface area contributed by atoms with Gasteiger partial charge in [0.15, 0.2) is 5.11 Å². The fraction of sp³-hybridized carbons (Fsp3) is 0.333. The molecule has 2 rings (SSSR count). The lowest BCUT2D eigenvalue weighted by molar-refractivity contribution is 0.571. The topological polar surface area (TPSA) is 41.9 Å². The third-order valence-corrected chi connectivity index (χ3v) is 3.51. The van der Waals surface area contributed by atoms with Crippen LogP contribution in [0.25, 0.3) is 0 Å². The van der Waals surface area contributed by atoms with Gasteiger partial charge in [0.1, 0.15) is 0 Å². The van der Waals surface area contributed by atoms with Crippen molar-refractivity contribution in [3.8, 4) is 0 Å². The zero-order valence-corrected chi connectivity index (χ0v) is 13.5. The Labute approximate surface area is 135 Å². The van der Waals surface area contributed by atoms with E-state index in [1.54, 1.807) is 6.20 Å². The summed E-state index contributed by atoms with van der Waals surface area (Å²) < 4.78 is 1.83. The van der Waals surface area contributed by atoms with Crippen LogP contribution in [-0.4, -0.2) is 21.4 Å². The van der Waals surface area contributed by atoms with E-state index in [0.29, 0.717) is 10.1 Å². The first-order valence-electron chi connectivity index (χ1n) is 6.89. The van der Waals surface area contributed by atoms with Crippen molar-refractivity contribution < 1.29 is 0 Å². The standard InChI is InChI=1S/C15H19ClN4S/c1-12-3-5-13(6-4-12)9-18-15(21)17-7-2-8-20-11-14(16)10-19-20/h3-6,10-11H,2,7-9H2,1H3,(H2,17,18,21). The van der Waals surface area contributed by atoms with Crippen LogP contribution in [0.5, 0.6) is 0 Å². The zero-order valence-electron chi connectivity index (χ0n) is 12.0. The van der Waals surface area contributed by atoms with E-state index in [1.165, 1.54) is 11.1 Å². The molecule has 0 saturated heterocycles. The smallest absolute Gasteiger partial charge is 0.166 e. The highest BCUT2D eigenvalue weighted by molar-refractivity contribution is 7.80. The Bertz CT molecular complexity index is 580. The summed E-state index contributed by atoms with van der Waals surface area (Å²) in [5, 5.41) is 11.8. The molecule has 1 aromatic heterocycles. The van der Waals surface area contributed by atoms with Gasteiger partial charge in [0.05, 0.1) is 11.2 Å². The molecule has 21 heavy (non-hydrogen) atoms. The van der Waals surface area contributed by atoms with Crippen LogP contribution in [-0.2, 0) is 13.1 Å². The van der Waals surface area contributed by atoms with E-state index in [0.717, 1.165) is 26.1 Å². The number of nitrogens with zero attached hydrogens (tertiary/aromatic N) is 2. The number of aromatic nitrogens is 2. The van der Waals surface area contributed by atoms with E-state index in [2.05, 4.69) is 46.9 Å². The summed E-state index contributed by atoms with van der Waals surface area (Å²) in [4.78, 5) is 0. The van der Waals surface area contributed by atoms with Crippen molar-refractivity contribution in [3.63, 3.8) is 0 Å². The molecule has 2 aromatic rings. The Balaban J connectivity index is 1.60. The third kappa shape index (κ3) is 5.73. The Kier molecular flexibility index (Phi) is 6.02. The number of benzene rings is 1. The molecular formula is C15H19ClN4S. The first kappa shape index (κ1) is 15.8. The lowest BCUT2D eigenvalue weighted by Gasteiger charge is -2.10. The number of rotatable bonds is 6. The second kappa shape index (κ2) is 8.00. The minimum Gasteiger partial charge on any atom is -0.363 e. The van der Waals surface area contributed by atoms with Gasteiger partial charge >= 0.3 is 0 Å². The van der Waals surface area contributed by atoms with Crippen LogP contribution in [0.1, 0.15) is 17.5 Å². The lowest BCUT2D eigenvalue weighted by atomic mass is 10.1. The molecule has 112 valence electrons. The van der Waals surface area contributed by atoms with E-state index < -0.39 is 0 Å². The monoisotopic (exact) mass is 322 g/mol. The number of halogens is 1. The van der Waals surface area contributed by atoms with Gasteiger partial charge < -0.3 is 10.6 Å². The van der Waals surface area contributed by atoms with Crippen molar-refractivity contribution in [2.45, 2.75) is 26.4 Å². The molecule has 1 aromatic carbocycles. The lowest BCUT2D eigenvalue weighted by Crippen LogP contribution is -2.35. The summed E-state index contributed by atoms with van der Waals surface area (Å²) in [6.07, 6.45) is 4.39. The van der Waals surface area contributed by atoms with Crippen LogP contribution < -0.4 is 10.6 Å². The van der Waals surface area contributed by atoms with Crippen LogP contribution in [0.2, 0.25) is 5.02 Å². The van der Waals surface area contributed by atoms with Crippen LogP contribution in [0.4, 0.5) is 0 Å². The van der Waals surface area contributed by atoms with Gasteiger partial charge in [0.25, 0.3) is 0 Å². The predicted molar refractivity (Wildman–Crippen MR) is 90.5 cm³/mol. The highest BCUT2D eigenvalue weighted by Crippen LogP contribution is 2.04. The highest BCUT2D eigenvalue weighted by atomic mass is 35.5. The number of hydrogen-bond donors (Lipinski definition) is 2. The van der Waals surface area contributed by atoms with Crippen LogP contribution in [0.3, 0.4) is 0 Å². The van der Waals surface area contributed by atoms with Crippen LogP contribution >= 0.6 is 23.8 Å². The SMILES string of the molecule is Cc1ccc(CNC(=S)NCCCn2cc(Cl)cn2)cc1. The molecule has 0 unspecified atom stereocenters. The number of thiocarbonyl (C=S) groups is 1. The second-order valence-electron chi connectivity index (χ2n) is 4.87. The van der Waals surface area contributed by atoms with Crippen molar-refractivity contribution >= 4 is 28.9 Å². The first-order chi connectivity index (χ1) is 10.1. The highest BCUT2D eigenvalue weighted by Gasteiger charge is 1.98. The molecule has 0 bridgehead atoms. The molecule has 6 heteroatoms. The maximum absolute atomic E-state index is 5.80. The van der Waals surface area contributed by atoms with E-state index in [9.17, 15) is 0 Å². The Morgan fingerprint density at radius 3 is 2.71 bits per heavy atom. The summed E-state index contributed by atoms with van der Waals surface area (Å²) in [5.41, 5.74) is 2.48. The van der Waals surface area contributed by atoms with E-state index >= 15 is 0 Å². The van der Waals surface area contributed by atoms with E-state index in [-0.39, 0.29) is 0 Å². The van der Waals surface area contributed by atoms with Gasteiger partial charge in [-0.15, -0.1) is 0 Å². The first-order valence-corrected chi connectivity index (χ1v) is 7.67. The molecular weight excluding hydrogens is 304 g/mol. The fourth-order valence-corrected chi connectivity index (χ4v) is 2.18. The van der Waals surface area contributed by atoms with Crippen molar-refractivity contribution in [1.82, 2.24) is 20.4 Å². The minimum absolute atomic E-state index is 0.665. The van der Waals surface area contributed by atoms with Crippen molar-refractivity contribution in [2.75, 3.05) is 6.54 Å². The number of aryl methyl sites for hydroxylation is 2. The maximum Gasteiger partial charge on any atom is 0.166 e. The summed E-state index contributed by atoms with van der Waals surface area (Å²) in [6.45, 7) is 4.44. The fourth-order valence-electron chi connectivity index (χ4n) is 1.85. The molecule has 0 aliphatic heterocycles. The molecule has 0 amide bonds. The molecule has 0 radical (unpaired) electrons. The second-order valence-corrected chi connectivity index (χ2v) is 5.71. The van der Waals surface area contributed by atoms with E-state index in [4.69, 9.17) is 23.8 Å². The molecule has 0 aliphatic rings. The summed E-state index contributed by atoms with van der Waals surface area (Å²) >= 11 is 11.1. The van der Waals surface area contributed by atoms with Gasteiger partial charge in [-0.05, 0) is 31.1 Å². The summed E-state index contributed by atoms with van der Waals surface area (Å²) in [7, 11) is 0. The number of nitrogens with one attached hydrogen (secondary N) is 2. The Hall–Kier alpha value is -1.59. The summed E-state index contributed by atoms with van der Waals surface area (Å²) in [6, 6.07) is 8.41. The van der Waals surface area contributed by atoms with Crippen molar-refractivity contribution in [3.05, 3.63) is 52.8 Å². The third-order valence-electron chi connectivity index (χ3n) is 3.02. The Morgan fingerprint density at radius 1 is 1.29 bits per heavy atom. The quantitative estimate of drug-likeness (QED) is 0.634. The van der Waals surface area contributed by atoms with Crippen LogP contribution in [0.15, 0.2) is 36.7 Å². The molecule has 2 N–H and O–H groups in total. The van der Waals surface area contributed by atoms with Gasteiger partial charge in [-0.25, -0.2) is 0 Å². The molecule has 0 aliphatic carbocycles. The van der Waals surface area contributed by atoms with Crippen molar-refractivity contribution in [1.29, 1.82) is 0 Å². The largest absolute Gasteiger partial charge is 0.363 e. The van der Waals surface area contributed by atoms with Gasteiger partial charge in [-0.2, -0.15) is 5.10 Å². The van der Waals surface area contributed by atoms with Crippen LogP contribution in [0, 0.1) is 6.92 Å². The van der Waals surface area contributed by atoms with Gasteiger partial charge in [0, 0.05) is 25.8 Å². The molecule has 4 nitrogen and oxygen atoms in total. The molecule has 0 atom stereocenters. The maximum atomic E-state index is 5.80. The van der Waals surface area contributed by atoms with Gasteiger partial charge in [-0.3, -0.25) is 4.68 Å². The Morgan fingerprint density at radius 2 is 2.05 bits per heavy atom. The average molecular weight is 323 g/mol. The van der Waals surface area contributed by atoms with E-state index in [1.807, 2.05) is 10.9 Å². The average Bonchev–Trinajstić information content (AvgIpc) is 2.89. The van der Waals surface area contributed by atoms with Gasteiger partial charge in [0.2, 0.25) is 0 Å². The predicted octanol–water partition coefficient (Wildman–Crippen LogP) is 2.90. The zero-order chi connectivity index (χ0) is 15.1. The molecule has 0 saturated carbocycles. The normalized spacial score (nSPS) is 10.4. The minimum atomic E-state index is 0.665. The van der Waals surface area contributed by atoms with Gasteiger partial charge in [-0.1, -0.05) is 41.4 Å². The molecule has 0 fully saturated rings. The molecule has 0 spiro atoms. The number of hydrogen-bond acceptors (Lipinski definition) is 2. The molecule has 1 heterocycles.